The summed E-state index contributed by atoms with van der Waals surface area (Å²) in [7, 11) is 1.35. The van der Waals surface area contributed by atoms with E-state index in [1.807, 2.05) is 6.92 Å². The van der Waals surface area contributed by atoms with Gasteiger partial charge in [-0.05, 0) is 26.0 Å². The Morgan fingerprint density at radius 2 is 2.35 bits per heavy atom. The van der Waals surface area contributed by atoms with E-state index in [-0.39, 0.29) is 24.7 Å². The maximum atomic E-state index is 11.6. The van der Waals surface area contributed by atoms with Crippen molar-refractivity contribution < 1.29 is 19.4 Å². The molecule has 0 radical (unpaired) electrons. The van der Waals surface area contributed by atoms with E-state index >= 15 is 0 Å². The summed E-state index contributed by atoms with van der Waals surface area (Å²) in [5.74, 6) is 0.397. The highest BCUT2D eigenvalue weighted by molar-refractivity contribution is 5.90. The Balaban J connectivity index is 2.24. The second-order valence-corrected chi connectivity index (χ2v) is 4.93. The highest BCUT2D eigenvalue weighted by Gasteiger charge is 2.27. The fourth-order valence-electron chi connectivity index (χ4n) is 2.28. The van der Waals surface area contributed by atoms with E-state index in [1.54, 1.807) is 19.1 Å². The molecule has 0 aromatic carbocycles. The van der Waals surface area contributed by atoms with Crippen LogP contribution in [0.15, 0.2) is 12.1 Å². The van der Waals surface area contributed by atoms with Gasteiger partial charge < -0.3 is 19.5 Å². The summed E-state index contributed by atoms with van der Waals surface area (Å²) in [5, 5.41) is 9.21. The van der Waals surface area contributed by atoms with Crippen LogP contribution in [0.1, 0.15) is 23.0 Å². The number of nitrogens with zero attached hydrogens (tertiary/aromatic N) is 2. The number of ether oxygens (including phenoxy) is 2. The Morgan fingerprint density at radius 1 is 1.60 bits per heavy atom. The lowest BCUT2D eigenvalue weighted by atomic mass is 10.1. The lowest BCUT2D eigenvalue weighted by Crippen LogP contribution is -2.50. The molecule has 2 atom stereocenters. The van der Waals surface area contributed by atoms with Crippen LogP contribution in [-0.2, 0) is 9.47 Å². The monoisotopic (exact) mass is 280 g/mol. The molecule has 0 spiro atoms. The molecule has 1 fully saturated rings. The predicted octanol–water partition coefficient (Wildman–Crippen LogP) is 0.763. The van der Waals surface area contributed by atoms with Crippen molar-refractivity contribution in [3.8, 4) is 0 Å². The summed E-state index contributed by atoms with van der Waals surface area (Å²) in [5.41, 5.74) is 1.10. The van der Waals surface area contributed by atoms with Crippen LogP contribution in [-0.4, -0.2) is 55.1 Å². The zero-order valence-corrected chi connectivity index (χ0v) is 12.0. The van der Waals surface area contributed by atoms with Gasteiger partial charge in [0.15, 0.2) is 0 Å². The Bertz CT molecular complexity index is 492. The first-order valence-corrected chi connectivity index (χ1v) is 6.62. The van der Waals surface area contributed by atoms with Crippen LogP contribution in [0.2, 0.25) is 0 Å². The van der Waals surface area contributed by atoms with Gasteiger partial charge in [-0.1, -0.05) is 0 Å². The van der Waals surface area contributed by atoms with Gasteiger partial charge in [-0.25, -0.2) is 9.78 Å². The zero-order valence-electron chi connectivity index (χ0n) is 12.0. The van der Waals surface area contributed by atoms with Crippen LogP contribution in [0.3, 0.4) is 0 Å². The molecule has 1 aliphatic rings. The van der Waals surface area contributed by atoms with E-state index in [9.17, 15) is 9.90 Å². The number of aryl methyl sites for hydroxylation is 1. The predicted molar refractivity (Wildman–Crippen MR) is 73.9 cm³/mol. The molecule has 110 valence electrons. The van der Waals surface area contributed by atoms with E-state index in [0.29, 0.717) is 24.4 Å². The van der Waals surface area contributed by atoms with Gasteiger partial charge in [-0.15, -0.1) is 0 Å². The maximum absolute atomic E-state index is 11.6. The lowest BCUT2D eigenvalue weighted by molar-refractivity contribution is -0.0105. The molecule has 0 amide bonds. The average Bonchev–Trinajstić information content (AvgIpc) is 2.47. The topological polar surface area (TPSA) is 71.9 Å². The number of hydrogen-bond donors (Lipinski definition) is 1. The average molecular weight is 280 g/mol. The van der Waals surface area contributed by atoms with Gasteiger partial charge in [0.2, 0.25) is 0 Å². The summed E-state index contributed by atoms with van der Waals surface area (Å²) in [6, 6.07) is 3.70. The summed E-state index contributed by atoms with van der Waals surface area (Å²) in [6.07, 6.45) is -0.200. The second-order valence-electron chi connectivity index (χ2n) is 4.93. The Morgan fingerprint density at radius 3 is 2.95 bits per heavy atom. The summed E-state index contributed by atoms with van der Waals surface area (Å²) in [4.78, 5) is 18.1. The van der Waals surface area contributed by atoms with Crippen molar-refractivity contribution in [3.63, 3.8) is 0 Å². The van der Waals surface area contributed by atoms with Crippen molar-refractivity contribution >= 4 is 11.8 Å². The molecule has 20 heavy (non-hydrogen) atoms. The minimum absolute atomic E-state index is 0.0115. The lowest BCUT2D eigenvalue weighted by Gasteiger charge is -2.38. The fraction of sp³-hybridized carbons (Fsp3) is 0.571. The highest BCUT2D eigenvalue weighted by Crippen LogP contribution is 2.21. The number of carbonyl (C=O) groups excluding carboxylic acids is 1. The molecule has 2 unspecified atom stereocenters. The van der Waals surface area contributed by atoms with E-state index in [4.69, 9.17) is 9.47 Å². The normalized spacial score (nSPS) is 22.7. The van der Waals surface area contributed by atoms with Crippen LogP contribution < -0.4 is 4.90 Å². The molecule has 0 bridgehead atoms. The van der Waals surface area contributed by atoms with Crippen molar-refractivity contribution in [1.82, 2.24) is 4.98 Å². The summed E-state index contributed by atoms with van der Waals surface area (Å²) in [6.45, 7) is 4.94. The van der Waals surface area contributed by atoms with E-state index < -0.39 is 0 Å². The summed E-state index contributed by atoms with van der Waals surface area (Å²) >= 11 is 0. The Labute approximate surface area is 118 Å². The van der Waals surface area contributed by atoms with Crippen molar-refractivity contribution in [1.29, 1.82) is 0 Å². The number of anilines is 1. The third-order valence-electron chi connectivity index (χ3n) is 3.48. The van der Waals surface area contributed by atoms with Crippen molar-refractivity contribution in [2.24, 2.45) is 0 Å². The van der Waals surface area contributed by atoms with Crippen LogP contribution in [0.5, 0.6) is 0 Å². The first-order valence-electron chi connectivity index (χ1n) is 6.62. The summed E-state index contributed by atoms with van der Waals surface area (Å²) < 4.78 is 10.2. The van der Waals surface area contributed by atoms with Gasteiger partial charge in [0.1, 0.15) is 5.82 Å². The number of rotatable bonds is 3. The van der Waals surface area contributed by atoms with E-state index in [2.05, 4.69) is 9.88 Å². The number of aliphatic hydroxyl groups excluding tert-OH is 1. The molecule has 1 aliphatic heterocycles. The molecular weight excluding hydrogens is 260 g/mol. The Kier molecular flexibility index (Phi) is 4.57. The molecule has 0 aliphatic carbocycles. The number of methoxy groups -OCH3 is 1. The third-order valence-corrected chi connectivity index (χ3v) is 3.48. The number of aliphatic hydroxyl groups is 1. The van der Waals surface area contributed by atoms with E-state index in [0.717, 1.165) is 5.82 Å². The fourth-order valence-corrected chi connectivity index (χ4v) is 2.28. The number of morpholine rings is 1. The molecule has 0 saturated carbocycles. The van der Waals surface area contributed by atoms with Gasteiger partial charge in [-0.3, -0.25) is 0 Å². The van der Waals surface area contributed by atoms with Crippen LogP contribution >= 0.6 is 0 Å². The molecule has 2 rings (SSSR count). The SMILES string of the molecule is COC(=O)c1ccc(N2CC(CO)OCC2C)nc1C. The van der Waals surface area contributed by atoms with Gasteiger partial charge in [0.05, 0.1) is 43.7 Å². The number of hydrogen-bond acceptors (Lipinski definition) is 6. The third kappa shape index (κ3) is 2.91. The minimum atomic E-state index is -0.384. The standard InChI is InChI=1S/C14H20N2O4/c1-9-8-20-11(7-17)6-16(9)13-5-4-12(10(2)15-13)14(18)19-3/h4-5,9,11,17H,6-8H2,1-3H3. The molecule has 1 aromatic heterocycles. The largest absolute Gasteiger partial charge is 0.465 e. The molecule has 6 nitrogen and oxygen atoms in total. The second kappa shape index (κ2) is 6.19. The first kappa shape index (κ1) is 14.7. The van der Waals surface area contributed by atoms with Gasteiger partial charge in [-0.2, -0.15) is 0 Å². The van der Waals surface area contributed by atoms with Crippen molar-refractivity contribution in [2.75, 3.05) is 31.8 Å². The number of aromatic nitrogens is 1. The molecule has 1 saturated heterocycles. The maximum Gasteiger partial charge on any atom is 0.339 e. The van der Waals surface area contributed by atoms with Crippen molar-refractivity contribution in [3.05, 3.63) is 23.4 Å². The first-order chi connectivity index (χ1) is 9.56. The molecular formula is C14H20N2O4. The van der Waals surface area contributed by atoms with Crippen LogP contribution in [0.25, 0.3) is 0 Å². The smallest absolute Gasteiger partial charge is 0.339 e. The minimum Gasteiger partial charge on any atom is -0.465 e. The van der Waals surface area contributed by atoms with Gasteiger partial charge in [0, 0.05) is 6.54 Å². The molecule has 6 heteroatoms. The number of esters is 1. The van der Waals surface area contributed by atoms with Crippen molar-refractivity contribution in [2.45, 2.75) is 26.0 Å². The number of carbonyl (C=O) groups is 1. The van der Waals surface area contributed by atoms with E-state index in [1.165, 1.54) is 7.11 Å². The highest BCUT2D eigenvalue weighted by atomic mass is 16.5. The van der Waals surface area contributed by atoms with Crippen LogP contribution in [0.4, 0.5) is 5.82 Å². The van der Waals surface area contributed by atoms with Gasteiger partial charge >= 0.3 is 5.97 Å². The Hall–Kier alpha value is -1.66. The van der Waals surface area contributed by atoms with Gasteiger partial charge in [0.25, 0.3) is 0 Å². The van der Waals surface area contributed by atoms with Crippen LogP contribution in [0, 0.1) is 6.92 Å². The number of pyridine rings is 1. The quantitative estimate of drug-likeness (QED) is 0.824. The molecule has 1 aromatic rings. The molecule has 1 N–H and O–H groups in total. The zero-order chi connectivity index (χ0) is 14.7. The molecule has 2 heterocycles.